The zero-order valence-electron chi connectivity index (χ0n) is 20.4. The van der Waals surface area contributed by atoms with E-state index in [0.29, 0.717) is 16.8 Å². The van der Waals surface area contributed by atoms with Crippen molar-refractivity contribution in [2.75, 3.05) is 4.72 Å². The molecule has 37 heavy (non-hydrogen) atoms. The van der Waals surface area contributed by atoms with Crippen molar-refractivity contribution in [1.29, 1.82) is 0 Å². The molecule has 0 radical (unpaired) electrons. The second kappa shape index (κ2) is 8.56. The maximum absolute atomic E-state index is 13.0. The summed E-state index contributed by atoms with van der Waals surface area (Å²) in [6.45, 7) is 5.82. The number of benzene rings is 3. The fourth-order valence-corrected chi connectivity index (χ4v) is 5.79. The van der Waals surface area contributed by atoms with E-state index in [9.17, 15) is 8.42 Å². The Balaban J connectivity index is 1.61. The number of pyridine rings is 1. The molecule has 6 aromatic rings. The molecule has 3 aromatic carbocycles. The Kier molecular flexibility index (Phi) is 5.31. The predicted molar refractivity (Wildman–Crippen MR) is 144 cm³/mol. The smallest absolute Gasteiger partial charge is 0.264 e. The fourth-order valence-electron chi connectivity index (χ4n) is 4.80. The normalized spacial score (nSPS) is 11.9. The number of aromatic amines is 1. The molecule has 0 saturated heterocycles. The summed E-state index contributed by atoms with van der Waals surface area (Å²) in [6, 6.07) is 20.2. The van der Waals surface area contributed by atoms with Crippen molar-refractivity contribution in [3.8, 4) is 22.3 Å². The molecule has 0 bridgehead atoms. The first-order chi connectivity index (χ1) is 17.8. The number of anilines is 1. The summed E-state index contributed by atoms with van der Waals surface area (Å²) in [6.07, 6.45) is 1.77. The first-order valence-corrected chi connectivity index (χ1v) is 13.2. The van der Waals surface area contributed by atoms with E-state index >= 15 is 0 Å². The molecule has 3 aromatic heterocycles. The van der Waals surface area contributed by atoms with Gasteiger partial charge in [-0.15, -0.1) is 0 Å². The molecule has 6 rings (SSSR count). The Hall–Kier alpha value is -4.50. The van der Waals surface area contributed by atoms with Gasteiger partial charge in [0.1, 0.15) is 5.76 Å². The number of aryl methyl sites for hydroxylation is 3. The number of aromatic nitrogens is 4. The van der Waals surface area contributed by atoms with E-state index in [4.69, 9.17) is 9.51 Å². The van der Waals surface area contributed by atoms with Gasteiger partial charge in [0, 0.05) is 22.7 Å². The first kappa shape index (κ1) is 22.9. The van der Waals surface area contributed by atoms with E-state index in [1.807, 2.05) is 51.1 Å². The van der Waals surface area contributed by atoms with E-state index < -0.39 is 10.0 Å². The maximum atomic E-state index is 13.0. The van der Waals surface area contributed by atoms with Crippen LogP contribution in [0.15, 0.2) is 82.3 Å². The van der Waals surface area contributed by atoms with Gasteiger partial charge >= 0.3 is 0 Å². The van der Waals surface area contributed by atoms with Crippen LogP contribution in [0.4, 0.5) is 5.95 Å². The van der Waals surface area contributed by atoms with E-state index in [1.165, 1.54) is 0 Å². The van der Waals surface area contributed by atoms with Gasteiger partial charge in [-0.2, -0.15) is 0 Å². The van der Waals surface area contributed by atoms with Crippen molar-refractivity contribution in [3.63, 3.8) is 0 Å². The third-order valence-corrected chi connectivity index (χ3v) is 7.81. The molecule has 8 nitrogen and oxygen atoms in total. The van der Waals surface area contributed by atoms with Crippen LogP contribution in [0.3, 0.4) is 0 Å². The number of hydrogen-bond donors (Lipinski definition) is 2. The fraction of sp³-hybridized carbons (Fsp3) is 0.107. The topological polar surface area (TPSA) is 114 Å². The number of H-pyrrole nitrogens is 1. The lowest BCUT2D eigenvalue weighted by molar-refractivity contribution is 0.393. The lowest BCUT2D eigenvalue weighted by Gasteiger charge is -2.13. The number of rotatable bonds is 5. The van der Waals surface area contributed by atoms with E-state index in [0.717, 1.165) is 44.4 Å². The van der Waals surface area contributed by atoms with Crippen molar-refractivity contribution < 1.29 is 12.9 Å². The van der Waals surface area contributed by atoms with Crippen LogP contribution in [0.25, 0.3) is 44.2 Å². The van der Waals surface area contributed by atoms with Gasteiger partial charge in [-0.1, -0.05) is 35.5 Å². The number of fused-ring (bicyclic) bond motifs is 2. The summed E-state index contributed by atoms with van der Waals surface area (Å²) in [4.78, 5) is 12.6. The van der Waals surface area contributed by atoms with Crippen molar-refractivity contribution in [2.24, 2.45) is 0 Å². The summed E-state index contributed by atoms with van der Waals surface area (Å²) >= 11 is 0. The average Bonchev–Trinajstić information content (AvgIpc) is 3.45. The summed E-state index contributed by atoms with van der Waals surface area (Å²) in [7, 11) is -3.83. The van der Waals surface area contributed by atoms with E-state index in [2.05, 4.69) is 25.9 Å². The minimum absolute atomic E-state index is 0.132. The Morgan fingerprint density at radius 3 is 2.49 bits per heavy atom. The molecule has 184 valence electrons. The van der Waals surface area contributed by atoms with Crippen molar-refractivity contribution in [1.82, 2.24) is 20.1 Å². The standard InChI is InChI=1S/C28H23N5O3S/c1-16-11-12-23-21(10-7-13-29-23)25(16)22-14-19(26-17(2)32-36-18(26)3)15-24-27(22)31-28(30-24)33-37(34,35)20-8-5-4-6-9-20/h4-15H,1-3H3,(H2,30,31,33). The van der Waals surface area contributed by atoms with Gasteiger partial charge in [-0.25, -0.2) is 18.1 Å². The predicted octanol–water partition coefficient (Wildman–Crippen LogP) is 6.16. The second-order valence-corrected chi connectivity index (χ2v) is 10.6. The van der Waals surface area contributed by atoms with Crippen LogP contribution in [-0.4, -0.2) is 28.5 Å². The molecule has 0 spiro atoms. The Labute approximate surface area is 213 Å². The SMILES string of the molecule is Cc1ccc2ncccc2c1-c1cc(-c2c(C)noc2C)cc2[nH]c(NS(=O)(=O)c3ccccc3)nc12. The molecule has 0 amide bonds. The summed E-state index contributed by atoms with van der Waals surface area (Å²) < 4.78 is 34.0. The highest BCUT2D eigenvalue weighted by atomic mass is 32.2. The van der Waals surface area contributed by atoms with Crippen molar-refractivity contribution in [2.45, 2.75) is 25.7 Å². The molecule has 9 heteroatoms. The Morgan fingerprint density at radius 1 is 0.919 bits per heavy atom. The van der Waals surface area contributed by atoms with Crippen LogP contribution >= 0.6 is 0 Å². The molecular weight excluding hydrogens is 486 g/mol. The highest BCUT2D eigenvalue weighted by molar-refractivity contribution is 7.92. The van der Waals surface area contributed by atoms with Crippen molar-refractivity contribution in [3.05, 3.63) is 89.9 Å². The molecule has 3 heterocycles. The summed E-state index contributed by atoms with van der Waals surface area (Å²) in [5, 5.41) is 5.11. The number of imidazole rings is 1. The molecule has 0 fully saturated rings. The zero-order valence-corrected chi connectivity index (χ0v) is 21.2. The number of hydrogen-bond acceptors (Lipinski definition) is 6. The van der Waals surface area contributed by atoms with Crippen LogP contribution in [0.2, 0.25) is 0 Å². The van der Waals surface area contributed by atoms with Crippen LogP contribution in [0.1, 0.15) is 17.0 Å². The van der Waals surface area contributed by atoms with Crippen LogP contribution in [0, 0.1) is 20.8 Å². The van der Waals surface area contributed by atoms with Crippen LogP contribution in [-0.2, 0) is 10.0 Å². The molecule has 0 aliphatic rings. The molecule has 2 N–H and O–H groups in total. The monoisotopic (exact) mass is 509 g/mol. The number of sulfonamides is 1. The van der Waals surface area contributed by atoms with Crippen molar-refractivity contribution >= 4 is 37.9 Å². The van der Waals surface area contributed by atoms with Gasteiger partial charge in [0.05, 0.1) is 27.1 Å². The lowest BCUT2D eigenvalue weighted by atomic mass is 9.92. The quantitative estimate of drug-likeness (QED) is 0.288. The second-order valence-electron chi connectivity index (χ2n) is 8.95. The van der Waals surface area contributed by atoms with E-state index in [1.54, 1.807) is 36.5 Å². The summed E-state index contributed by atoms with van der Waals surface area (Å²) in [5.74, 6) is 0.829. The van der Waals surface area contributed by atoms with Crippen LogP contribution in [0.5, 0.6) is 0 Å². The van der Waals surface area contributed by atoms with Crippen LogP contribution < -0.4 is 4.72 Å². The highest BCUT2D eigenvalue weighted by Gasteiger charge is 2.21. The van der Waals surface area contributed by atoms with Gasteiger partial charge in [0.2, 0.25) is 5.95 Å². The minimum Gasteiger partial charge on any atom is -0.361 e. The molecular formula is C28H23N5O3S. The largest absolute Gasteiger partial charge is 0.361 e. The Bertz CT molecular complexity index is 1890. The third-order valence-electron chi connectivity index (χ3n) is 6.46. The van der Waals surface area contributed by atoms with Gasteiger partial charge in [-0.05, 0) is 73.9 Å². The first-order valence-electron chi connectivity index (χ1n) is 11.7. The molecule has 0 unspecified atom stereocenters. The third kappa shape index (κ3) is 3.93. The zero-order chi connectivity index (χ0) is 25.7. The average molecular weight is 510 g/mol. The molecule has 0 aliphatic heterocycles. The van der Waals surface area contributed by atoms with Gasteiger partial charge < -0.3 is 9.51 Å². The lowest BCUT2D eigenvalue weighted by Crippen LogP contribution is -2.13. The van der Waals surface area contributed by atoms with Gasteiger partial charge in [0.25, 0.3) is 10.0 Å². The Morgan fingerprint density at radius 2 is 1.73 bits per heavy atom. The number of nitrogens with one attached hydrogen (secondary N) is 2. The van der Waals surface area contributed by atoms with E-state index in [-0.39, 0.29) is 10.8 Å². The highest BCUT2D eigenvalue weighted by Crippen LogP contribution is 2.40. The number of nitrogens with zero attached hydrogens (tertiary/aromatic N) is 3. The molecule has 0 aliphatic carbocycles. The van der Waals surface area contributed by atoms with Gasteiger partial charge in [0.15, 0.2) is 0 Å². The maximum Gasteiger partial charge on any atom is 0.264 e. The summed E-state index contributed by atoms with van der Waals surface area (Å²) in [5.41, 5.74) is 7.60. The minimum atomic E-state index is -3.83. The molecule has 0 saturated carbocycles. The molecule has 0 atom stereocenters. The van der Waals surface area contributed by atoms with Gasteiger partial charge in [-0.3, -0.25) is 4.98 Å².